The zero-order valence-electron chi connectivity index (χ0n) is 12.7. The van der Waals surface area contributed by atoms with Crippen molar-refractivity contribution in [2.75, 3.05) is 26.6 Å². The zero-order chi connectivity index (χ0) is 15.4. The van der Waals surface area contributed by atoms with Crippen molar-refractivity contribution >= 4 is 10.8 Å². The topological polar surface area (TPSA) is 70.8 Å². The molecule has 1 aromatic carbocycles. The predicted molar refractivity (Wildman–Crippen MR) is 83.3 cm³/mol. The molecule has 5 nitrogen and oxygen atoms in total. The molecule has 1 aliphatic heterocycles. The highest BCUT2D eigenvalue weighted by Gasteiger charge is 2.30. The van der Waals surface area contributed by atoms with Crippen LogP contribution in [0.5, 0.6) is 11.5 Å². The second-order valence-corrected chi connectivity index (χ2v) is 6.87. The molecule has 21 heavy (non-hydrogen) atoms. The van der Waals surface area contributed by atoms with Crippen LogP contribution in [0, 0.1) is 0 Å². The molecule has 0 amide bonds. The van der Waals surface area contributed by atoms with Crippen LogP contribution in [0.3, 0.4) is 0 Å². The highest BCUT2D eigenvalue weighted by molar-refractivity contribution is 7.85. The normalized spacial score (nSPS) is 24.6. The second kappa shape index (κ2) is 7.24. The number of methoxy groups -OCH3 is 2. The number of hydrogen-bond donors (Lipinski definition) is 1. The lowest BCUT2D eigenvalue weighted by atomic mass is 10.1. The molecule has 1 heterocycles. The molecular weight excluding hydrogens is 290 g/mol. The molecule has 0 aliphatic carbocycles. The van der Waals surface area contributed by atoms with Gasteiger partial charge in [-0.25, -0.2) is 0 Å². The standard InChI is InChI=1S/C15H23NO4S/c1-10-15(6-7-20-10)21(17)9-12(16)11-4-5-13(18-2)14(8-11)19-3/h4-5,8,10,12,15H,6-7,9,16H2,1-3H3. The fraction of sp³-hybridized carbons (Fsp3) is 0.600. The molecule has 1 fully saturated rings. The van der Waals surface area contributed by atoms with Gasteiger partial charge in [-0.2, -0.15) is 0 Å². The van der Waals surface area contributed by atoms with Crippen LogP contribution < -0.4 is 15.2 Å². The van der Waals surface area contributed by atoms with Gasteiger partial charge in [0.05, 0.1) is 25.6 Å². The van der Waals surface area contributed by atoms with Crippen LogP contribution in [0.15, 0.2) is 18.2 Å². The highest BCUT2D eigenvalue weighted by atomic mass is 32.2. The molecule has 2 rings (SSSR count). The number of ether oxygens (including phenoxy) is 3. The monoisotopic (exact) mass is 313 g/mol. The van der Waals surface area contributed by atoms with Crippen molar-refractivity contribution in [3.05, 3.63) is 23.8 Å². The molecular formula is C15H23NO4S. The van der Waals surface area contributed by atoms with Gasteiger partial charge in [-0.1, -0.05) is 6.07 Å². The van der Waals surface area contributed by atoms with Gasteiger partial charge in [0.2, 0.25) is 0 Å². The van der Waals surface area contributed by atoms with Gasteiger partial charge >= 0.3 is 0 Å². The van der Waals surface area contributed by atoms with E-state index in [0.717, 1.165) is 12.0 Å². The summed E-state index contributed by atoms with van der Waals surface area (Å²) in [5.41, 5.74) is 7.09. The van der Waals surface area contributed by atoms with Gasteiger partial charge in [-0.3, -0.25) is 4.21 Å². The summed E-state index contributed by atoms with van der Waals surface area (Å²) < 4.78 is 28.4. The lowest BCUT2D eigenvalue weighted by Crippen LogP contribution is -2.29. The Morgan fingerprint density at radius 3 is 2.67 bits per heavy atom. The third kappa shape index (κ3) is 3.75. The summed E-state index contributed by atoms with van der Waals surface area (Å²) in [4.78, 5) is 0. The van der Waals surface area contributed by atoms with E-state index in [9.17, 15) is 4.21 Å². The maximum absolute atomic E-state index is 12.4. The van der Waals surface area contributed by atoms with Gasteiger partial charge in [0.15, 0.2) is 11.5 Å². The van der Waals surface area contributed by atoms with Crippen molar-refractivity contribution in [3.63, 3.8) is 0 Å². The van der Waals surface area contributed by atoms with Gasteiger partial charge in [0.1, 0.15) is 0 Å². The summed E-state index contributed by atoms with van der Waals surface area (Å²) in [6.07, 6.45) is 0.885. The van der Waals surface area contributed by atoms with Crippen molar-refractivity contribution < 1.29 is 18.4 Å². The minimum atomic E-state index is -0.994. The molecule has 0 saturated carbocycles. The Bertz CT molecular complexity index is 508. The average molecular weight is 313 g/mol. The fourth-order valence-electron chi connectivity index (χ4n) is 2.54. The smallest absolute Gasteiger partial charge is 0.161 e. The Morgan fingerprint density at radius 1 is 1.38 bits per heavy atom. The molecule has 4 unspecified atom stereocenters. The third-order valence-corrected chi connectivity index (χ3v) is 5.81. The first kappa shape index (κ1) is 16.3. The minimum Gasteiger partial charge on any atom is -0.493 e. The van der Waals surface area contributed by atoms with Crippen LogP contribution in [0.4, 0.5) is 0 Å². The quantitative estimate of drug-likeness (QED) is 0.864. The van der Waals surface area contributed by atoms with Gasteiger partial charge in [0.25, 0.3) is 0 Å². The van der Waals surface area contributed by atoms with E-state index in [1.165, 1.54) is 0 Å². The van der Waals surface area contributed by atoms with Gasteiger partial charge in [-0.15, -0.1) is 0 Å². The molecule has 118 valence electrons. The van der Waals surface area contributed by atoms with E-state index < -0.39 is 10.8 Å². The second-order valence-electron chi connectivity index (χ2n) is 5.17. The summed E-state index contributed by atoms with van der Waals surface area (Å²) >= 11 is 0. The first-order valence-corrected chi connectivity index (χ1v) is 8.41. The van der Waals surface area contributed by atoms with E-state index in [0.29, 0.717) is 23.9 Å². The largest absolute Gasteiger partial charge is 0.493 e. The molecule has 0 radical (unpaired) electrons. The van der Waals surface area contributed by atoms with Gasteiger partial charge < -0.3 is 19.9 Å². The molecule has 0 aromatic heterocycles. The average Bonchev–Trinajstić information content (AvgIpc) is 2.92. The van der Waals surface area contributed by atoms with Crippen molar-refractivity contribution in [3.8, 4) is 11.5 Å². The number of benzene rings is 1. The number of nitrogens with two attached hydrogens (primary N) is 1. The maximum atomic E-state index is 12.4. The molecule has 1 aliphatic rings. The molecule has 4 atom stereocenters. The van der Waals surface area contributed by atoms with Crippen molar-refractivity contribution in [1.82, 2.24) is 0 Å². The lowest BCUT2D eigenvalue weighted by molar-refractivity contribution is 0.127. The van der Waals surface area contributed by atoms with E-state index in [1.54, 1.807) is 14.2 Å². The SMILES string of the molecule is COc1ccc(C(N)CS(=O)C2CCOC2C)cc1OC. The summed E-state index contributed by atoms with van der Waals surface area (Å²) in [5.74, 6) is 1.72. The molecule has 2 N–H and O–H groups in total. The van der Waals surface area contributed by atoms with Gasteiger partial charge in [0, 0.05) is 29.2 Å². The van der Waals surface area contributed by atoms with Crippen molar-refractivity contribution in [1.29, 1.82) is 0 Å². The van der Waals surface area contributed by atoms with Crippen molar-refractivity contribution in [2.24, 2.45) is 5.73 Å². The summed E-state index contributed by atoms with van der Waals surface area (Å²) in [6.45, 7) is 2.65. The zero-order valence-corrected chi connectivity index (χ0v) is 13.5. The van der Waals surface area contributed by atoms with Crippen LogP contribution in [0.1, 0.15) is 24.9 Å². The predicted octanol–water partition coefficient (Wildman–Crippen LogP) is 1.63. The lowest BCUT2D eigenvalue weighted by Gasteiger charge is -2.18. The minimum absolute atomic E-state index is 0.0448. The van der Waals surface area contributed by atoms with E-state index in [-0.39, 0.29) is 17.4 Å². The van der Waals surface area contributed by atoms with Crippen LogP contribution >= 0.6 is 0 Å². The first-order valence-electron chi connectivity index (χ1n) is 7.03. The Kier molecular flexibility index (Phi) is 5.61. The van der Waals surface area contributed by atoms with Crippen LogP contribution in [0.2, 0.25) is 0 Å². The Hall–Kier alpha value is -1.11. The van der Waals surface area contributed by atoms with E-state index in [1.807, 2.05) is 25.1 Å². The van der Waals surface area contributed by atoms with E-state index >= 15 is 0 Å². The molecule has 0 spiro atoms. The summed E-state index contributed by atoms with van der Waals surface area (Å²) in [7, 11) is 2.18. The van der Waals surface area contributed by atoms with Crippen LogP contribution in [-0.4, -0.2) is 42.1 Å². The maximum Gasteiger partial charge on any atom is 0.161 e. The summed E-state index contributed by atoms with van der Waals surface area (Å²) in [6, 6.07) is 5.25. The molecule has 1 aromatic rings. The van der Waals surface area contributed by atoms with E-state index in [2.05, 4.69) is 0 Å². The number of rotatable bonds is 6. The number of hydrogen-bond acceptors (Lipinski definition) is 5. The summed E-state index contributed by atoms with van der Waals surface area (Å²) in [5, 5.41) is 0.0798. The Labute approximate surface area is 128 Å². The van der Waals surface area contributed by atoms with Crippen LogP contribution in [0.25, 0.3) is 0 Å². The fourth-order valence-corrected chi connectivity index (χ4v) is 4.20. The molecule has 0 bridgehead atoms. The molecule has 6 heteroatoms. The Balaban J connectivity index is 2.06. The molecule has 1 saturated heterocycles. The van der Waals surface area contributed by atoms with Gasteiger partial charge in [-0.05, 0) is 31.0 Å². The Morgan fingerprint density at radius 2 is 2.10 bits per heavy atom. The van der Waals surface area contributed by atoms with E-state index in [4.69, 9.17) is 19.9 Å². The van der Waals surface area contributed by atoms with Crippen LogP contribution in [-0.2, 0) is 15.5 Å². The third-order valence-electron chi connectivity index (χ3n) is 3.82. The van der Waals surface area contributed by atoms with Crippen molar-refractivity contribution in [2.45, 2.75) is 30.7 Å². The first-order chi connectivity index (χ1) is 10.1. The highest BCUT2D eigenvalue weighted by Crippen LogP contribution is 2.30.